The van der Waals surface area contributed by atoms with Crippen LogP contribution in [0.4, 0.5) is 0 Å². The van der Waals surface area contributed by atoms with Gasteiger partial charge in [0.2, 0.25) is 0 Å². The summed E-state index contributed by atoms with van der Waals surface area (Å²) in [4.78, 5) is 0. The second-order valence-electron chi connectivity index (χ2n) is 4.75. The van der Waals surface area contributed by atoms with Gasteiger partial charge in [0.15, 0.2) is 0 Å². The Hall–Kier alpha value is -0.120. The normalized spacial score (nSPS) is 25.3. The van der Waals surface area contributed by atoms with Crippen molar-refractivity contribution in [2.24, 2.45) is 0 Å². The molecule has 0 bridgehead atoms. The number of hydrogen-bond donors (Lipinski definition) is 2. The maximum atomic E-state index is 9.68. The number of hydrogen-bond acceptors (Lipinski definition) is 3. The molecule has 0 amide bonds. The molecular formula is C11H23NO2. The van der Waals surface area contributed by atoms with Crippen molar-refractivity contribution in [1.29, 1.82) is 0 Å². The molecule has 0 saturated carbocycles. The Morgan fingerprint density at radius 2 is 2.29 bits per heavy atom. The summed E-state index contributed by atoms with van der Waals surface area (Å²) in [5.41, 5.74) is -0.642. The van der Waals surface area contributed by atoms with Crippen molar-refractivity contribution in [3.8, 4) is 0 Å². The lowest BCUT2D eigenvalue weighted by molar-refractivity contribution is 0.0413. The van der Waals surface area contributed by atoms with E-state index in [1.165, 1.54) is 12.8 Å². The number of ether oxygens (including phenoxy) is 1. The summed E-state index contributed by atoms with van der Waals surface area (Å²) in [5, 5.41) is 13.0. The molecule has 1 heterocycles. The summed E-state index contributed by atoms with van der Waals surface area (Å²) < 4.78 is 5.52. The Bertz CT molecular complexity index is 159. The van der Waals surface area contributed by atoms with Gasteiger partial charge >= 0.3 is 0 Å². The molecule has 1 fully saturated rings. The second-order valence-corrected chi connectivity index (χ2v) is 4.75. The van der Waals surface area contributed by atoms with Crippen molar-refractivity contribution in [3.05, 3.63) is 0 Å². The molecule has 14 heavy (non-hydrogen) atoms. The monoisotopic (exact) mass is 201 g/mol. The van der Waals surface area contributed by atoms with Gasteiger partial charge in [0.25, 0.3) is 0 Å². The van der Waals surface area contributed by atoms with Gasteiger partial charge in [0.1, 0.15) is 0 Å². The van der Waals surface area contributed by atoms with Crippen molar-refractivity contribution < 1.29 is 9.84 Å². The van der Waals surface area contributed by atoms with E-state index in [-0.39, 0.29) is 6.04 Å². The highest BCUT2D eigenvalue weighted by atomic mass is 16.5. The van der Waals surface area contributed by atoms with Gasteiger partial charge < -0.3 is 15.2 Å². The minimum Gasteiger partial charge on any atom is -0.389 e. The Kier molecular flexibility index (Phi) is 4.35. The van der Waals surface area contributed by atoms with Gasteiger partial charge in [0.05, 0.1) is 11.7 Å². The van der Waals surface area contributed by atoms with Crippen LogP contribution in [0.1, 0.15) is 40.0 Å². The molecule has 0 radical (unpaired) electrons. The zero-order valence-corrected chi connectivity index (χ0v) is 9.55. The third kappa shape index (κ3) is 3.95. The van der Waals surface area contributed by atoms with Crippen LogP contribution in [0.3, 0.4) is 0 Å². The van der Waals surface area contributed by atoms with Crippen molar-refractivity contribution in [1.82, 2.24) is 5.32 Å². The number of nitrogens with one attached hydrogen (secondary N) is 1. The first-order valence-corrected chi connectivity index (χ1v) is 5.57. The Morgan fingerprint density at radius 1 is 1.57 bits per heavy atom. The molecule has 0 aromatic carbocycles. The fourth-order valence-corrected chi connectivity index (χ4v) is 1.58. The van der Waals surface area contributed by atoms with Crippen LogP contribution >= 0.6 is 0 Å². The Balaban J connectivity index is 2.08. The highest BCUT2D eigenvalue weighted by molar-refractivity contribution is 4.80. The smallest absolute Gasteiger partial charge is 0.0741 e. The fraction of sp³-hybridized carbons (Fsp3) is 1.00. The van der Waals surface area contributed by atoms with Crippen molar-refractivity contribution in [2.75, 3.05) is 13.2 Å². The quantitative estimate of drug-likeness (QED) is 0.704. The lowest BCUT2D eigenvalue weighted by Crippen LogP contribution is -2.45. The lowest BCUT2D eigenvalue weighted by Gasteiger charge is -2.27. The molecule has 0 spiro atoms. The Morgan fingerprint density at radius 3 is 2.79 bits per heavy atom. The van der Waals surface area contributed by atoms with E-state index in [1.54, 1.807) is 0 Å². The minimum atomic E-state index is -0.642. The van der Waals surface area contributed by atoms with Crippen molar-refractivity contribution in [2.45, 2.75) is 57.8 Å². The molecule has 2 atom stereocenters. The van der Waals surface area contributed by atoms with Crippen LogP contribution in [0, 0.1) is 0 Å². The maximum Gasteiger partial charge on any atom is 0.0741 e. The van der Waals surface area contributed by atoms with E-state index in [2.05, 4.69) is 5.32 Å². The van der Waals surface area contributed by atoms with Crippen LogP contribution in [0.15, 0.2) is 0 Å². The predicted molar refractivity (Wildman–Crippen MR) is 57.4 cm³/mol. The predicted octanol–water partition coefficient (Wildman–Crippen LogP) is 1.30. The largest absolute Gasteiger partial charge is 0.389 e. The van der Waals surface area contributed by atoms with Gasteiger partial charge in [-0.1, -0.05) is 0 Å². The molecule has 84 valence electrons. The number of rotatable bonds is 5. The summed E-state index contributed by atoms with van der Waals surface area (Å²) in [7, 11) is 0. The molecule has 3 nitrogen and oxygen atoms in total. The molecule has 1 aliphatic heterocycles. The topological polar surface area (TPSA) is 41.5 Å². The number of aliphatic hydroxyl groups is 1. The second kappa shape index (κ2) is 5.10. The van der Waals surface area contributed by atoms with Crippen LogP contribution in [-0.4, -0.2) is 36.0 Å². The third-order valence-electron chi connectivity index (χ3n) is 3.00. The molecule has 2 unspecified atom stereocenters. The molecule has 3 heteroatoms. The van der Waals surface area contributed by atoms with Gasteiger partial charge in [0, 0.05) is 12.6 Å². The average molecular weight is 201 g/mol. The van der Waals surface area contributed by atoms with Crippen LogP contribution in [0.2, 0.25) is 0 Å². The van der Waals surface area contributed by atoms with Crippen LogP contribution in [-0.2, 0) is 4.74 Å². The zero-order valence-electron chi connectivity index (χ0n) is 9.55. The van der Waals surface area contributed by atoms with Gasteiger partial charge in [-0.3, -0.25) is 0 Å². The first-order chi connectivity index (χ1) is 6.50. The first-order valence-electron chi connectivity index (χ1n) is 5.57. The van der Waals surface area contributed by atoms with Crippen LogP contribution in [0.5, 0.6) is 0 Å². The SMILES string of the molecule is CC(NCCC1CCCO1)C(C)(C)O. The summed E-state index contributed by atoms with van der Waals surface area (Å²) in [6, 6.07) is 0.129. The van der Waals surface area contributed by atoms with Crippen molar-refractivity contribution >= 4 is 0 Å². The summed E-state index contributed by atoms with van der Waals surface area (Å²) >= 11 is 0. The summed E-state index contributed by atoms with van der Waals surface area (Å²) in [6.07, 6.45) is 3.89. The van der Waals surface area contributed by atoms with Gasteiger partial charge in [-0.05, 0) is 46.6 Å². The Labute approximate surface area is 86.8 Å². The molecule has 1 rings (SSSR count). The highest BCUT2D eigenvalue weighted by Gasteiger charge is 2.22. The van der Waals surface area contributed by atoms with Gasteiger partial charge in [-0.15, -0.1) is 0 Å². The standard InChI is InChI=1S/C11H23NO2/c1-9(11(2,3)13)12-7-6-10-5-4-8-14-10/h9-10,12-13H,4-8H2,1-3H3. The average Bonchev–Trinajstić information content (AvgIpc) is 2.55. The van der Waals surface area contributed by atoms with E-state index >= 15 is 0 Å². The first kappa shape index (κ1) is 12.0. The van der Waals surface area contributed by atoms with E-state index < -0.39 is 5.60 Å². The molecule has 0 aromatic heterocycles. The van der Waals surface area contributed by atoms with E-state index in [1.807, 2.05) is 20.8 Å². The van der Waals surface area contributed by atoms with E-state index in [9.17, 15) is 5.11 Å². The molecule has 1 saturated heterocycles. The summed E-state index contributed by atoms with van der Waals surface area (Å²) in [5.74, 6) is 0. The molecule has 1 aliphatic rings. The fourth-order valence-electron chi connectivity index (χ4n) is 1.58. The maximum absolute atomic E-state index is 9.68. The third-order valence-corrected chi connectivity index (χ3v) is 3.00. The highest BCUT2D eigenvalue weighted by Crippen LogP contribution is 2.15. The minimum absolute atomic E-state index is 0.129. The lowest BCUT2D eigenvalue weighted by atomic mass is 10.0. The van der Waals surface area contributed by atoms with Crippen LogP contribution in [0.25, 0.3) is 0 Å². The van der Waals surface area contributed by atoms with E-state index in [4.69, 9.17) is 4.74 Å². The molecule has 0 aliphatic carbocycles. The molecular weight excluding hydrogens is 178 g/mol. The van der Waals surface area contributed by atoms with E-state index in [0.29, 0.717) is 6.10 Å². The molecule has 2 N–H and O–H groups in total. The summed E-state index contributed by atoms with van der Waals surface area (Å²) in [6.45, 7) is 7.52. The van der Waals surface area contributed by atoms with Crippen molar-refractivity contribution in [3.63, 3.8) is 0 Å². The van der Waals surface area contributed by atoms with Crippen LogP contribution < -0.4 is 5.32 Å². The zero-order chi connectivity index (χ0) is 10.6. The molecule has 0 aromatic rings. The van der Waals surface area contributed by atoms with Gasteiger partial charge in [-0.25, -0.2) is 0 Å². The van der Waals surface area contributed by atoms with Gasteiger partial charge in [-0.2, -0.15) is 0 Å². The van der Waals surface area contributed by atoms with E-state index in [0.717, 1.165) is 19.6 Å².